The monoisotopic (exact) mass is 565 g/mol. The first kappa shape index (κ1) is 27.8. The molecule has 212 valence electrons. The molecule has 0 saturated carbocycles. The summed E-state index contributed by atoms with van der Waals surface area (Å²) in [6.07, 6.45) is 5.66. The lowest BCUT2D eigenvalue weighted by Crippen LogP contribution is -2.35. The minimum Gasteiger partial charge on any atom is -0.309 e. The van der Waals surface area contributed by atoms with E-state index in [1.165, 1.54) is 0 Å². The number of likely N-dealkylation sites (N-methyl/N-ethyl adjacent to an activating group) is 1. The number of anilines is 1. The molecule has 2 N–H and O–H groups in total. The van der Waals surface area contributed by atoms with Gasteiger partial charge in [-0.2, -0.15) is 0 Å². The predicted molar refractivity (Wildman–Crippen MR) is 171 cm³/mol. The molecule has 0 fully saturated rings. The third-order valence-corrected chi connectivity index (χ3v) is 7.48. The number of nitrogens with zero attached hydrogens (tertiary/aromatic N) is 5. The van der Waals surface area contributed by atoms with Crippen molar-refractivity contribution in [1.82, 2.24) is 29.7 Å². The van der Waals surface area contributed by atoms with E-state index < -0.39 is 0 Å². The highest BCUT2D eigenvalue weighted by molar-refractivity contribution is 5.94. The zero-order valence-electron chi connectivity index (χ0n) is 24.7. The van der Waals surface area contributed by atoms with E-state index in [2.05, 4.69) is 42.9 Å². The summed E-state index contributed by atoms with van der Waals surface area (Å²) in [6, 6.07) is 19.5. The molecule has 5 aromatic heterocycles. The molecule has 1 amide bonds. The second-order valence-electron chi connectivity index (χ2n) is 10.6. The Balaban J connectivity index is 1.55. The van der Waals surface area contributed by atoms with Gasteiger partial charge in [0.05, 0.1) is 17.4 Å². The Labute approximate surface area is 250 Å². The van der Waals surface area contributed by atoms with Crippen LogP contribution in [0.3, 0.4) is 0 Å². The van der Waals surface area contributed by atoms with Crippen molar-refractivity contribution in [3.63, 3.8) is 0 Å². The quantitative estimate of drug-likeness (QED) is 0.254. The Kier molecular flexibility index (Phi) is 7.41. The van der Waals surface area contributed by atoms with E-state index in [9.17, 15) is 4.79 Å². The third kappa shape index (κ3) is 5.59. The summed E-state index contributed by atoms with van der Waals surface area (Å²) in [7, 11) is 1.74. The lowest BCUT2D eigenvalue weighted by Gasteiger charge is -2.13. The highest BCUT2D eigenvalue weighted by Gasteiger charge is 2.20. The number of hydrogen-bond donors (Lipinski definition) is 2. The summed E-state index contributed by atoms with van der Waals surface area (Å²) >= 11 is 0. The third-order valence-electron chi connectivity index (χ3n) is 7.48. The average Bonchev–Trinajstić information content (AvgIpc) is 3.38. The molecule has 0 radical (unpaired) electrons. The normalized spacial score (nSPS) is 11.7. The molecule has 5 heterocycles. The van der Waals surface area contributed by atoms with Crippen molar-refractivity contribution in [2.75, 3.05) is 12.4 Å². The number of fused-ring (bicyclic) bond motifs is 2. The molecule has 0 aliphatic rings. The van der Waals surface area contributed by atoms with Crippen LogP contribution in [0.25, 0.3) is 38.9 Å². The molecule has 0 saturated heterocycles. The molecule has 0 aliphatic heterocycles. The average molecular weight is 566 g/mol. The zero-order valence-corrected chi connectivity index (χ0v) is 24.7. The fourth-order valence-electron chi connectivity index (χ4n) is 4.93. The van der Waals surface area contributed by atoms with Crippen LogP contribution in [-0.2, 0) is 4.79 Å². The number of carbonyl (C=O) groups is 1. The summed E-state index contributed by atoms with van der Waals surface area (Å²) in [5.74, 6) is 6.87. The van der Waals surface area contributed by atoms with Gasteiger partial charge in [0.25, 0.3) is 0 Å². The van der Waals surface area contributed by atoms with Gasteiger partial charge < -0.3 is 10.6 Å². The van der Waals surface area contributed by atoms with E-state index in [0.29, 0.717) is 11.5 Å². The van der Waals surface area contributed by atoms with E-state index in [-0.39, 0.29) is 11.9 Å². The van der Waals surface area contributed by atoms with Gasteiger partial charge in [0.2, 0.25) is 5.91 Å². The molecule has 8 nitrogen and oxygen atoms in total. The van der Waals surface area contributed by atoms with Crippen LogP contribution in [-0.4, -0.2) is 43.3 Å². The van der Waals surface area contributed by atoms with Gasteiger partial charge in [0.15, 0.2) is 0 Å². The number of amides is 1. The summed E-state index contributed by atoms with van der Waals surface area (Å²) in [6.45, 7) is 7.80. The number of rotatable bonds is 5. The standard InChI is InChI=1S/C35H31N7O/c1-21-15-17-42-32(18-21)41-33(27-9-6-22(2)38-20-27)34(42)29-11-13-31(40-35(43)24(4)36-5)39-30(29)12-8-25-7-10-28-23(3)37-16-14-26(28)19-25/h6-7,9-11,13-20,24,36H,1-5H3,(H,39,40,43). The lowest BCUT2D eigenvalue weighted by atomic mass is 10.0. The Morgan fingerprint density at radius 1 is 0.930 bits per heavy atom. The SMILES string of the molecule is CNC(C)C(=O)Nc1ccc(-c2c(-c3ccc(C)nc3)nc3cc(C)ccn23)c(C#Cc2ccc3c(C)nccc3c2)n1. The molecule has 6 aromatic rings. The first-order chi connectivity index (χ1) is 20.8. The molecule has 1 unspecified atom stereocenters. The first-order valence-corrected chi connectivity index (χ1v) is 14.1. The van der Waals surface area contributed by atoms with Gasteiger partial charge in [-0.05, 0) is 106 Å². The second kappa shape index (κ2) is 11.5. The van der Waals surface area contributed by atoms with Gasteiger partial charge in [-0.3, -0.25) is 19.2 Å². The van der Waals surface area contributed by atoms with Crippen LogP contribution in [0.1, 0.15) is 35.1 Å². The Morgan fingerprint density at radius 2 is 1.79 bits per heavy atom. The van der Waals surface area contributed by atoms with E-state index in [4.69, 9.17) is 9.97 Å². The first-order valence-electron chi connectivity index (χ1n) is 14.1. The molecule has 8 heteroatoms. The van der Waals surface area contributed by atoms with Crippen molar-refractivity contribution < 1.29 is 4.79 Å². The molecular weight excluding hydrogens is 534 g/mol. The maximum absolute atomic E-state index is 12.7. The van der Waals surface area contributed by atoms with Crippen LogP contribution >= 0.6 is 0 Å². The smallest absolute Gasteiger partial charge is 0.242 e. The largest absolute Gasteiger partial charge is 0.309 e. The molecule has 0 aliphatic carbocycles. The number of hydrogen-bond acceptors (Lipinski definition) is 6. The molecule has 0 spiro atoms. The van der Waals surface area contributed by atoms with E-state index in [1.807, 2.05) is 81.7 Å². The minimum atomic E-state index is -0.380. The highest BCUT2D eigenvalue weighted by Crippen LogP contribution is 2.35. The number of pyridine rings is 4. The summed E-state index contributed by atoms with van der Waals surface area (Å²) in [5, 5.41) is 8.04. The highest BCUT2D eigenvalue weighted by atomic mass is 16.2. The Bertz CT molecular complexity index is 2070. The zero-order chi connectivity index (χ0) is 30.1. The van der Waals surface area contributed by atoms with E-state index in [0.717, 1.165) is 61.4 Å². The lowest BCUT2D eigenvalue weighted by molar-refractivity contribution is -0.117. The molecule has 1 atom stereocenters. The molecule has 0 bridgehead atoms. The summed E-state index contributed by atoms with van der Waals surface area (Å²) < 4.78 is 2.05. The maximum Gasteiger partial charge on any atom is 0.242 e. The van der Waals surface area contributed by atoms with Crippen LogP contribution in [0.2, 0.25) is 0 Å². The second-order valence-corrected chi connectivity index (χ2v) is 10.6. The van der Waals surface area contributed by atoms with Crippen molar-refractivity contribution in [3.05, 3.63) is 107 Å². The predicted octanol–water partition coefficient (Wildman–Crippen LogP) is 5.88. The van der Waals surface area contributed by atoms with Crippen molar-refractivity contribution >= 4 is 28.1 Å². The van der Waals surface area contributed by atoms with Crippen LogP contribution in [0.15, 0.2) is 79.3 Å². The molecule has 1 aromatic carbocycles. The van der Waals surface area contributed by atoms with Gasteiger partial charge in [0, 0.05) is 52.1 Å². The van der Waals surface area contributed by atoms with Crippen LogP contribution < -0.4 is 10.6 Å². The fourth-order valence-corrected chi connectivity index (χ4v) is 4.93. The molecule has 6 rings (SSSR count). The van der Waals surface area contributed by atoms with E-state index >= 15 is 0 Å². The number of benzene rings is 1. The summed E-state index contributed by atoms with van der Waals surface area (Å²) in [4.78, 5) is 31.5. The topological polar surface area (TPSA) is 97.1 Å². The van der Waals surface area contributed by atoms with Gasteiger partial charge in [-0.15, -0.1) is 0 Å². The molecule has 43 heavy (non-hydrogen) atoms. The van der Waals surface area contributed by atoms with Crippen LogP contribution in [0, 0.1) is 32.6 Å². The number of aryl methyl sites for hydroxylation is 3. The van der Waals surface area contributed by atoms with Gasteiger partial charge >= 0.3 is 0 Å². The van der Waals surface area contributed by atoms with Gasteiger partial charge in [0.1, 0.15) is 17.2 Å². The van der Waals surface area contributed by atoms with Crippen LogP contribution in [0.4, 0.5) is 5.82 Å². The van der Waals surface area contributed by atoms with Crippen molar-refractivity contribution in [1.29, 1.82) is 0 Å². The van der Waals surface area contributed by atoms with Crippen LogP contribution in [0.5, 0.6) is 0 Å². The van der Waals surface area contributed by atoms with Crippen molar-refractivity contribution in [2.45, 2.75) is 33.7 Å². The van der Waals surface area contributed by atoms with Gasteiger partial charge in [-0.25, -0.2) is 9.97 Å². The fraction of sp³-hybridized carbons (Fsp3) is 0.171. The maximum atomic E-state index is 12.7. The Morgan fingerprint density at radius 3 is 2.58 bits per heavy atom. The number of nitrogens with one attached hydrogen (secondary N) is 2. The van der Waals surface area contributed by atoms with E-state index in [1.54, 1.807) is 26.2 Å². The number of aromatic nitrogens is 5. The number of imidazole rings is 1. The minimum absolute atomic E-state index is 0.183. The number of carbonyl (C=O) groups excluding carboxylic acids is 1. The Hall–Kier alpha value is -5.39. The summed E-state index contributed by atoms with van der Waals surface area (Å²) in [5.41, 5.74) is 8.48. The molecular formula is C35H31N7O. The van der Waals surface area contributed by atoms with Gasteiger partial charge in [-0.1, -0.05) is 12.0 Å². The van der Waals surface area contributed by atoms with Crippen molar-refractivity contribution in [3.8, 4) is 34.4 Å². The van der Waals surface area contributed by atoms with Crippen molar-refractivity contribution in [2.24, 2.45) is 0 Å².